The molecule has 0 amide bonds. The maximum absolute atomic E-state index is 5.56. The van der Waals surface area contributed by atoms with Gasteiger partial charge in [0.1, 0.15) is 13.6 Å². The molecule has 0 saturated carbocycles. The van der Waals surface area contributed by atoms with Crippen molar-refractivity contribution in [1.29, 1.82) is 0 Å². The summed E-state index contributed by atoms with van der Waals surface area (Å²) in [6.07, 6.45) is 2.68. The van der Waals surface area contributed by atoms with Crippen LogP contribution in [0.25, 0.3) is 0 Å². The Morgan fingerprint density at radius 2 is 2.33 bits per heavy atom. The molecule has 0 N–H and O–H groups in total. The first-order chi connectivity index (χ1) is 5.83. The van der Waals surface area contributed by atoms with Crippen LogP contribution < -0.4 is 10.2 Å². The van der Waals surface area contributed by atoms with E-state index in [2.05, 4.69) is 6.58 Å². The fraction of sp³-hybridized carbons (Fsp3) is 0.200. The smallest absolute Gasteiger partial charge is 0.118 e. The summed E-state index contributed by atoms with van der Waals surface area (Å²) in [7, 11) is 5.56. The van der Waals surface area contributed by atoms with E-state index in [0.29, 0.717) is 6.61 Å². The van der Waals surface area contributed by atoms with Crippen molar-refractivity contribution in [2.45, 2.75) is 6.42 Å². The Labute approximate surface area is 74.5 Å². The largest absolute Gasteiger partial charge is 0.493 e. The molecule has 1 aromatic rings. The first-order valence-electron chi connectivity index (χ1n) is 3.92. The first-order valence-corrected chi connectivity index (χ1v) is 3.92. The van der Waals surface area contributed by atoms with Crippen molar-refractivity contribution in [3.8, 4) is 5.75 Å². The molecule has 60 valence electrons. The fourth-order valence-corrected chi connectivity index (χ4v) is 0.864. The average molecular weight is 158 g/mol. The zero-order valence-electron chi connectivity index (χ0n) is 6.99. The van der Waals surface area contributed by atoms with Gasteiger partial charge in [-0.25, -0.2) is 0 Å². The number of hydrogen-bond acceptors (Lipinski definition) is 1. The third-order valence-electron chi connectivity index (χ3n) is 1.45. The third-order valence-corrected chi connectivity index (χ3v) is 1.45. The van der Waals surface area contributed by atoms with Gasteiger partial charge in [0.2, 0.25) is 0 Å². The van der Waals surface area contributed by atoms with Crippen molar-refractivity contribution in [2.24, 2.45) is 0 Å². The SMILES string of the molecule is [B]c1cccc(OCCC=C)c1. The molecule has 0 aliphatic rings. The molecule has 1 aromatic carbocycles. The summed E-state index contributed by atoms with van der Waals surface area (Å²) < 4.78 is 5.38. The molecule has 0 bridgehead atoms. The molecular formula is C10H11BO. The second-order valence-electron chi connectivity index (χ2n) is 2.50. The van der Waals surface area contributed by atoms with E-state index in [1.807, 2.05) is 30.3 Å². The Hall–Kier alpha value is -1.18. The average Bonchev–Trinajstić information content (AvgIpc) is 2.05. The van der Waals surface area contributed by atoms with Gasteiger partial charge in [0.25, 0.3) is 0 Å². The number of hydrogen-bond donors (Lipinski definition) is 0. The van der Waals surface area contributed by atoms with Gasteiger partial charge in [-0.05, 0) is 18.6 Å². The highest BCUT2D eigenvalue weighted by Gasteiger charge is 1.90. The number of rotatable bonds is 4. The summed E-state index contributed by atoms with van der Waals surface area (Å²) in [6, 6.07) is 7.40. The van der Waals surface area contributed by atoms with Gasteiger partial charge >= 0.3 is 0 Å². The van der Waals surface area contributed by atoms with E-state index < -0.39 is 0 Å². The van der Waals surface area contributed by atoms with Gasteiger partial charge in [0, 0.05) is 0 Å². The predicted octanol–water partition coefficient (Wildman–Crippen LogP) is 1.44. The fourth-order valence-electron chi connectivity index (χ4n) is 0.864. The summed E-state index contributed by atoms with van der Waals surface area (Å²) in [5.41, 5.74) is 0.728. The third kappa shape index (κ3) is 2.83. The molecule has 0 unspecified atom stereocenters. The molecule has 0 aliphatic carbocycles. The van der Waals surface area contributed by atoms with Crippen molar-refractivity contribution in [1.82, 2.24) is 0 Å². The van der Waals surface area contributed by atoms with Crippen LogP contribution in [0, 0.1) is 0 Å². The first kappa shape index (κ1) is 8.92. The van der Waals surface area contributed by atoms with Gasteiger partial charge in [-0.2, -0.15) is 0 Å². The van der Waals surface area contributed by atoms with Crippen LogP contribution in [0.15, 0.2) is 36.9 Å². The molecule has 0 spiro atoms. The minimum atomic E-state index is 0.660. The van der Waals surface area contributed by atoms with Crippen molar-refractivity contribution in [3.63, 3.8) is 0 Å². The molecule has 0 heterocycles. The van der Waals surface area contributed by atoms with Gasteiger partial charge in [-0.15, -0.1) is 6.58 Å². The predicted molar refractivity (Wildman–Crippen MR) is 52.1 cm³/mol. The Morgan fingerprint density at radius 3 is 3.00 bits per heavy atom. The highest BCUT2D eigenvalue weighted by Crippen LogP contribution is 2.06. The van der Waals surface area contributed by atoms with Gasteiger partial charge in [0.15, 0.2) is 0 Å². The quantitative estimate of drug-likeness (QED) is 0.366. The molecule has 0 aliphatic heterocycles. The summed E-state index contributed by atoms with van der Waals surface area (Å²) in [6.45, 7) is 4.26. The molecule has 2 radical (unpaired) electrons. The second-order valence-corrected chi connectivity index (χ2v) is 2.50. The normalized spacial score (nSPS) is 9.33. The zero-order chi connectivity index (χ0) is 8.81. The minimum Gasteiger partial charge on any atom is -0.493 e. The lowest BCUT2D eigenvalue weighted by molar-refractivity contribution is 0.325. The lowest BCUT2D eigenvalue weighted by Crippen LogP contribution is -2.03. The lowest BCUT2D eigenvalue weighted by Gasteiger charge is -2.04. The highest BCUT2D eigenvalue weighted by molar-refractivity contribution is 6.32. The molecule has 1 nitrogen and oxygen atoms in total. The lowest BCUT2D eigenvalue weighted by atomic mass is 9.96. The second kappa shape index (κ2) is 4.65. The zero-order valence-corrected chi connectivity index (χ0v) is 6.99. The molecule has 1 rings (SSSR count). The summed E-state index contributed by atoms with van der Waals surface area (Å²) in [5.74, 6) is 0.817. The van der Waals surface area contributed by atoms with Crippen molar-refractivity contribution in [2.75, 3.05) is 6.61 Å². The van der Waals surface area contributed by atoms with Crippen molar-refractivity contribution in [3.05, 3.63) is 36.9 Å². The van der Waals surface area contributed by atoms with Crippen molar-refractivity contribution >= 4 is 13.3 Å². The van der Waals surface area contributed by atoms with Crippen LogP contribution in [0.1, 0.15) is 6.42 Å². The van der Waals surface area contributed by atoms with E-state index in [9.17, 15) is 0 Å². The van der Waals surface area contributed by atoms with Crippen LogP contribution in [-0.4, -0.2) is 14.5 Å². The molecule has 2 heteroatoms. The van der Waals surface area contributed by atoms with Gasteiger partial charge in [0.05, 0.1) is 6.61 Å². The molecule has 12 heavy (non-hydrogen) atoms. The molecule has 0 fully saturated rings. The molecular weight excluding hydrogens is 147 g/mol. The van der Waals surface area contributed by atoms with E-state index in [-0.39, 0.29) is 0 Å². The van der Waals surface area contributed by atoms with Crippen LogP contribution in [0.2, 0.25) is 0 Å². The standard InChI is InChI=1S/C10H11BO/c1-2-3-7-12-10-6-4-5-9(11)8-10/h2,4-6,8H,1,3,7H2. The van der Waals surface area contributed by atoms with Gasteiger partial charge < -0.3 is 4.74 Å². The Balaban J connectivity index is 2.46. The topological polar surface area (TPSA) is 9.23 Å². The van der Waals surface area contributed by atoms with Crippen LogP contribution in [-0.2, 0) is 0 Å². The molecule has 0 saturated heterocycles. The van der Waals surface area contributed by atoms with E-state index >= 15 is 0 Å². The molecule has 0 atom stereocenters. The maximum Gasteiger partial charge on any atom is 0.118 e. The molecule has 0 aromatic heterocycles. The minimum absolute atomic E-state index is 0.660. The summed E-state index contributed by atoms with van der Waals surface area (Å²) in [5, 5.41) is 0. The van der Waals surface area contributed by atoms with Crippen LogP contribution in [0.3, 0.4) is 0 Å². The maximum atomic E-state index is 5.56. The number of ether oxygens (including phenoxy) is 1. The Morgan fingerprint density at radius 1 is 1.50 bits per heavy atom. The highest BCUT2D eigenvalue weighted by atomic mass is 16.5. The summed E-state index contributed by atoms with van der Waals surface area (Å²) in [4.78, 5) is 0. The van der Waals surface area contributed by atoms with E-state index in [4.69, 9.17) is 12.6 Å². The monoisotopic (exact) mass is 158 g/mol. The van der Waals surface area contributed by atoms with Gasteiger partial charge in [-0.1, -0.05) is 23.7 Å². The van der Waals surface area contributed by atoms with Crippen LogP contribution in [0.5, 0.6) is 5.75 Å². The van der Waals surface area contributed by atoms with E-state index in [1.165, 1.54) is 0 Å². The van der Waals surface area contributed by atoms with Gasteiger partial charge in [-0.3, -0.25) is 0 Å². The van der Waals surface area contributed by atoms with E-state index in [1.54, 1.807) is 0 Å². The van der Waals surface area contributed by atoms with Crippen molar-refractivity contribution < 1.29 is 4.74 Å². The van der Waals surface area contributed by atoms with Crippen LogP contribution in [0.4, 0.5) is 0 Å². The Bertz CT molecular complexity index is 258. The number of benzene rings is 1. The Kier molecular flexibility index (Phi) is 3.46. The van der Waals surface area contributed by atoms with E-state index in [0.717, 1.165) is 17.6 Å². The van der Waals surface area contributed by atoms with Crippen LogP contribution >= 0.6 is 0 Å². The summed E-state index contributed by atoms with van der Waals surface area (Å²) >= 11 is 0.